The molecule has 142 valence electrons. The molecule has 0 bridgehead atoms. The number of ether oxygens (including phenoxy) is 2. The third kappa shape index (κ3) is 7.07. The van der Waals surface area contributed by atoms with Gasteiger partial charge in [0.15, 0.2) is 0 Å². The van der Waals surface area contributed by atoms with E-state index in [4.69, 9.17) is 19.7 Å². The second-order valence-electron chi connectivity index (χ2n) is 5.49. The van der Waals surface area contributed by atoms with Crippen molar-refractivity contribution in [2.75, 3.05) is 18.5 Å². The van der Waals surface area contributed by atoms with E-state index >= 15 is 0 Å². The van der Waals surface area contributed by atoms with Crippen LogP contribution in [0.1, 0.15) is 23.2 Å². The third-order valence-electron chi connectivity index (χ3n) is 3.40. The predicted octanol–water partition coefficient (Wildman–Crippen LogP) is 2.65. The topological polar surface area (TPSA) is 122 Å². The van der Waals surface area contributed by atoms with E-state index in [0.29, 0.717) is 22.7 Å². The van der Waals surface area contributed by atoms with Crippen LogP contribution in [0.3, 0.4) is 0 Å². The summed E-state index contributed by atoms with van der Waals surface area (Å²) in [6.07, 6.45) is -0.188. The first-order valence-corrected chi connectivity index (χ1v) is 8.15. The molecule has 0 saturated carbocycles. The molecule has 0 aliphatic heterocycles. The maximum atomic E-state index is 12.2. The predicted molar refractivity (Wildman–Crippen MR) is 96.3 cm³/mol. The highest BCUT2D eigenvalue weighted by molar-refractivity contribution is 6.04. The normalized spacial score (nSPS) is 10.1. The van der Waals surface area contributed by atoms with Gasteiger partial charge >= 0.3 is 11.9 Å². The monoisotopic (exact) mass is 373 g/mol. The number of hydrogen-bond donors (Lipinski definition) is 3. The van der Waals surface area contributed by atoms with Crippen molar-refractivity contribution in [2.24, 2.45) is 0 Å². The van der Waals surface area contributed by atoms with Crippen LogP contribution in [0.5, 0.6) is 11.5 Å². The van der Waals surface area contributed by atoms with E-state index in [1.807, 2.05) is 0 Å². The van der Waals surface area contributed by atoms with Crippen LogP contribution in [0.15, 0.2) is 48.5 Å². The number of carboxylic acid groups (broad SMARTS) is 2. The zero-order valence-electron chi connectivity index (χ0n) is 14.4. The van der Waals surface area contributed by atoms with Gasteiger partial charge in [0.1, 0.15) is 11.5 Å². The van der Waals surface area contributed by atoms with Gasteiger partial charge in [-0.25, -0.2) is 0 Å². The van der Waals surface area contributed by atoms with Gasteiger partial charge in [-0.1, -0.05) is 0 Å². The molecule has 0 radical (unpaired) electrons. The molecule has 2 aromatic carbocycles. The zero-order chi connectivity index (χ0) is 19.6. The van der Waals surface area contributed by atoms with Crippen LogP contribution in [-0.2, 0) is 9.59 Å². The van der Waals surface area contributed by atoms with Crippen molar-refractivity contribution in [1.29, 1.82) is 0 Å². The first-order chi connectivity index (χ1) is 12.9. The summed E-state index contributed by atoms with van der Waals surface area (Å²) in [6.45, 7) is 0.129. The van der Waals surface area contributed by atoms with Crippen molar-refractivity contribution in [2.45, 2.75) is 12.8 Å². The summed E-state index contributed by atoms with van der Waals surface area (Å²) < 4.78 is 10.5. The second-order valence-corrected chi connectivity index (χ2v) is 5.49. The number of carbonyl (C=O) groups excluding carboxylic acids is 1. The van der Waals surface area contributed by atoms with Crippen molar-refractivity contribution in [3.8, 4) is 11.5 Å². The molecule has 0 saturated heterocycles. The standard InChI is InChI=1S/C19H19NO7/c21-17(22)9-11-26-15-5-1-13(2-6-15)19(25)20-14-3-7-16(8-4-14)27-12-10-18(23)24/h1-8H,9-12H2,(H,20,25)(H,21,22)(H,23,24). The van der Waals surface area contributed by atoms with Gasteiger partial charge in [0.25, 0.3) is 5.91 Å². The Morgan fingerprint density at radius 2 is 1.19 bits per heavy atom. The average molecular weight is 373 g/mol. The first-order valence-electron chi connectivity index (χ1n) is 8.15. The highest BCUT2D eigenvalue weighted by Gasteiger charge is 2.07. The molecule has 0 unspecified atom stereocenters. The lowest BCUT2D eigenvalue weighted by molar-refractivity contribution is -0.138. The molecule has 0 spiro atoms. The van der Waals surface area contributed by atoms with E-state index in [1.165, 1.54) is 0 Å². The fraction of sp³-hybridized carbons (Fsp3) is 0.211. The van der Waals surface area contributed by atoms with Gasteiger partial charge in [-0.3, -0.25) is 14.4 Å². The lowest BCUT2D eigenvalue weighted by Crippen LogP contribution is -2.12. The van der Waals surface area contributed by atoms with Gasteiger partial charge in [-0.15, -0.1) is 0 Å². The molecule has 0 aliphatic carbocycles. The van der Waals surface area contributed by atoms with Crippen molar-refractivity contribution in [3.05, 3.63) is 54.1 Å². The van der Waals surface area contributed by atoms with Crippen molar-refractivity contribution in [3.63, 3.8) is 0 Å². The fourth-order valence-corrected chi connectivity index (χ4v) is 2.05. The molecule has 2 aromatic rings. The van der Waals surface area contributed by atoms with E-state index in [-0.39, 0.29) is 32.0 Å². The zero-order valence-corrected chi connectivity index (χ0v) is 14.4. The van der Waals surface area contributed by atoms with E-state index < -0.39 is 11.9 Å². The van der Waals surface area contributed by atoms with Crippen LogP contribution in [0, 0.1) is 0 Å². The van der Waals surface area contributed by atoms with Gasteiger partial charge in [0, 0.05) is 11.3 Å². The Kier molecular flexibility index (Phi) is 7.18. The summed E-state index contributed by atoms with van der Waals surface area (Å²) in [5.41, 5.74) is 0.981. The maximum Gasteiger partial charge on any atom is 0.306 e. The molecule has 3 N–H and O–H groups in total. The van der Waals surface area contributed by atoms with Crippen LogP contribution in [0.25, 0.3) is 0 Å². The van der Waals surface area contributed by atoms with Crippen LogP contribution in [0.4, 0.5) is 5.69 Å². The number of benzene rings is 2. The Labute approximate surface area is 155 Å². The lowest BCUT2D eigenvalue weighted by Gasteiger charge is -2.09. The number of anilines is 1. The molecule has 8 heteroatoms. The van der Waals surface area contributed by atoms with Gasteiger partial charge in [0.05, 0.1) is 26.1 Å². The quantitative estimate of drug-likeness (QED) is 0.585. The maximum absolute atomic E-state index is 12.2. The fourth-order valence-electron chi connectivity index (χ4n) is 2.05. The van der Waals surface area contributed by atoms with E-state index in [0.717, 1.165) is 0 Å². The van der Waals surface area contributed by atoms with Crippen LogP contribution < -0.4 is 14.8 Å². The van der Waals surface area contributed by atoms with Crippen LogP contribution in [0.2, 0.25) is 0 Å². The Morgan fingerprint density at radius 1 is 0.741 bits per heavy atom. The molecular formula is C19H19NO7. The van der Waals surface area contributed by atoms with E-state index in [1.54, 1.807) is 48.5 Å². The summed E-state index contributed by atoms with van der Waals surface area (Å²) in [7, 11) is 0. The molecule has 1 amide bonds. The minimum Gasteiger partial charge on any atom is -0.493 e. The molecule has 0 heterocycles. The summed E-state index contributed by atoms with van der Waals surface area (Å²) in [6, 6.07) is 12.9. The van der Waals surface area contributed by atoms with Crippen LogP contribution in [-0.4, -0.2) is 41.3 Å². The number of hydrogen-bond acceptors (Lipinski definition) is 5. The molecule has 0 aromatic heterocycles. The minimum absolute atomic E-state index is 0.0573. The largest absolute Gasteiger partial charge is 0.493 e. The Morgan fingerprint density at radius 3 is 1.63 bits per heavy atom. The first kappa shape index (κ1) is 19.8. The summed E-state index contributed by atoms with van der Waals surface area (Å²) >= 11 is 0. The minimum atomic E-state index is -0.940. The number of amides is 1. The molecular weight excluding hydrogens is 354 g/mol. The Balaban J connectivity index is 1.85. The van der Waals surface area contributed by atoms with E-state index in [2.05, 4.69) is 5.32 Å². The summed E-state index contributed by atoms with van der Waals surface area (Å²) in [5, 5.41) is 19.9. The number of carboxylic acids is 2. The van der Waals surface area contributed by atoms with Crippen molar-refractivity contribution < 1.29 is 34.1 Å². The second kappa shape index (κ2) is 9.81. The van der Waals surface area contributed by atoms with Gasteiger partial charge < -0.3 is 25.0 Å². The molecule has 0 atom stereocenters. The number of aliphatic carboxylic acids is 2. The molecule has 0 aliphatic rings. The number of carbonyl (C=O) groups is 3. The highest BCUT2D eigenvalue weighted by atomic mass is 16.5. The molecule has 27 heavy (non-hydrogen) atoms. The third-order valence-corrected chi connectivity index (χ3v) is 3.40. The van der Waals surface area contributed by atoms with Crippen molar-refractivity contribution in [1.82, 2.24) is 0 Å². The smallest absolute Gasteiger partial charge is 0.306 e. The highest BCUT2D eigenvalue weighted by Crippen LogP contribution is 2.18. The number of rotatable bonds is 10. The average Bonchev–Trinajstić information content (AvgIpc) is 2.63. The van der Waals surface area contributed by atoms with Crippen molar-refractivity contribution >= 4 is 23.5 Å². The Hall–Kier alpha value is -3.55. The lowest BCUT2D eigenvalue weighted by atomic mass is 10.2. The van der Waals surface area contributed by atoms with Crippen LogP contribution >= 0.6 is 0 Å². The van der Waals surface area contributed by atoms with E-state index in [9.17, 15) is 14.4 Å². The molecule has 0 fully saturated rings. The molecule has 2 rings (SSSR count). The molecule has 8 nitrogen and oxygen atoms in total. The SMILES string of the molecule is O=C(O)CCOc1ccc(NC(=O)c2ccc(OCCC(=O)O)cc2)cc1. The summed E-state index contributed by atoms with van der Waals surface area (Å²) in [5.74, 6) is -1.19. The number of nitrogens with one attached hydrogen (secondary N) is 1. The summed E-state index contributed by atoms with van der Waals surface area (Å²) in [4.78, 5) is 33.1. The van der Waals surface area contributed by atoms with Gasteiger partial charge in [-0.2, -0.15) is 0 Å². The van der Waals surface area contributed by atoms with Gasteiger partial charge in [0.2, 0.25) is 0 Å². The Bertz CT molecular complexity index is 785. The van der Waals surface area contributed by atoms with Gasteiger partial charge in [-0.05, 0) is 48.5 Å².